The molecule has 6 heteroatoms. The van der Waals surface area contributed by atoms with Crippen molar-refractivity contribution in [3.63, 3.8) is 0 Å². The number of hydrogen-bond acceptors (Lipinski definition) is 4. The molecule has 0 aliphatic heterocycles. The van der Waals surface area contributed by atoms with E-state index in [1.165, 1.54) is 0 Å². The van der Waals surface area contributed by atoms with Crippen LogP contribution >= 0.6 is 15.9 Å². The van der Waals surface area contributed by atoms with Crippen molar-refractivity contribution >= 4 is 27.8 Å². The number of esters is 1. The molecule has 1 atom stereocenters. The summed E-state index contributed by atoms with van der Waals surface area (Å²) in [5, 5.41) is 2.77. The number of halogens is 1. The fourth-order valence-electron chi connectivity index (χ4n) is 2.23. The van der Waals surface area contributed by atoms with E-state index in [4.69, 9.17) is 9.47 Å². The highest BCUT2D eigenvalue weighted by Crippen LogP contribution is 2.25. The lowest BCUT2D eigenvalue weighted by atomic mass is 10.0. The predicted molar refractivity (Wildman–Crippen MR) is 98.8 cm³/mol. The maximum atomic E-state index is 12.0. The van der Waals surface area contributed by atoms with Gasteiger partial charge in [-0.1, -0.05) is 37.3 Å². The standard InChI is InChI=1S/C19H20BrNO4/c1-13(14-6-4-3-5-7-14)11-21-18(22)12-25-19(23)15-8-9-17(24-2)16(20)10-15/h3-10,13H,11-12H2,1-2H3,(H,21,22)/t13-/m0/s1. The summed E-state index contributed by atoms with van der Waals surface area (Å²) in [5.41, 5.74) is 1.49. The van der Waals surface area contributed by atoms with E-state index in [0.29, 0.717) is 22.3 Å². The molecule has 0 aromatic heterocycles. The van der Waals surface area contributed by atoms with E-state index in [9.17, 15) is 9.59 Å². The van der Waals surface area contributed by atoms with Crippen LogP contribution < -0.4 is 10.1 Å². The summed E-state index contributed by atoms with van der Waals surface area (Å²) in [6.07, 6.45) is 0. The van der Waals surface area contributed by atoms with Gasteiger partial charge in [0, 0.05) is 6.54 Å². The van der Waals surface area contributed by atoms with E-state index in [0.717, 1.165) is 5.56 Å². The topological polar surface area (TPSA) is 64.6 Å². The number of rotatable bonds is 7. The van der Waals surface area contributed by atoms with Crippen molar-refractivity contribution in [3.8, 4) is 5.75 Å². The third-order valence-electron chi connectivity index (χ3n) is 3.70. The Hall–Kier alpha value is -2.34. The second-order valence-corrected chi connectivity index (χ2v) is 6.40. The molecule has 5 nitrogen and oxygen atoms in total. The van der Waals surface area contributed by atoms with Gasteiger partial charge in [0.15, 0.2) is 6.61 Å². The first-order chi connectivity index (χ1) is 12.0. The highest BCUT2D eigenvalue weighted by molar-refractivity contribution is 9.10. The minimum absolute atomic E-state index is 0.179. The van der Waals surface area contributed by atoms with Gasteiger partial charge in [0.1, 0.15) is 5.75 Å². The van der Waals surface area contributed by atoms with Crippen LogP contribution in [0.2, 0.25) is 0 Å². The summed E-state index contributed by atoms with van der Waals surface area (Å²) in [6, 6.07) is 14.7. The predicted octanol–water partition coefficient (Wildman–Crippen LogP) is 3.53. The Balaban J connectivity index is 1.79. The molecular weight excluding hydrogens is 386 g/mol. The Morgan fingerprint density at radius 2 is 1.88 bits per heavy atom. The van der Waals surface area contributed by atoms with Gasteiger partial charge in [-0.15, -0.1) is 0 Å². The van der Waals surface area contributed by atoms with Gasteiger partial charge in [-0.2, -0.15) is 0 Å². The molecule has 0 saturated heterocycles. The normalized spacial score (nSPS) is 11.5. The highest BCUT2D eigenvalue weighted by atomic mass is 79.9. The minimum atomic E-state index is -0.561. The van der Waals surface area contributed by atoms with Gasteiger partial charge in [0.05, 0.1) is 17.1 Å². The zero-order chi connectivity index (χ0) is 18.2. The maximum absolute atomic E-state index is 12.0. The zero-order valence-electron chi connectivity index (χ0n) is 14.1. The van der Waals surface area contributed by atoms with Crippen LogP contribution in [-0.4, -0.2) is 32.1 Å². The van der Waals surface area contributed by atoms with Crippen molar-refractivity contribution in [3.05, 3.63) is 64.1 Å². The minimum Gasteiger partial charge on any atom is -0.496 e. The van der Waals surface area contributed by atoms with E-state index in [1.54, 1.807) is 25.3 Å². The summed E-state index contributed by atoms with van der Waals surface area (Å²) in [6.45, 7) is 2.19. The third kappa shape index (κ3) is 5.60. The van der Waals surface area contributed by atoms with Gasteiger partial charge in [0.25, 0.3) is 5.91 Å². The average molecular weight is 406 g/mol. The number of carbonyl (C=O) groups excluding carboxylic acids is 2. The fourth-order valence-corrected chi connectivity index (χ4v) is 2.77. The Morgan fingerprint density at radius 1 is 1.16 bits per heavy atom. The van der Waals surface area contributed by atoms with Crippen LogP contribution in [0.25, 0.3) is 0 Å². The first kappa shape index (κ1) is 19.0. The molecule has 0 aliphatic rings. The molecule has 0 saturated carbocycles. The summed E-state index contributed by atoms with van der Waals surface area (Å²) in [4.78, 5) is 23.9. The van der Waals surface area contributed by atoms with Crippen molar-refractivity contribution in [2.24, 2.45) is 0 Å². The second kappa shape index (κ2) is 9.22. The first-order valence-electron chi connectivity index (χ1n) is 7.83. The molecule has 0 radical (unpaired) electrons. The molecule has 2 aromatic carbocycles. The van der Waals surface area contributed by atoms with Gasteiger partial charge in [-0.25, -0.2) is 4.79 Å². The molecule has 132 valence electrons. The molecule has 0 fully saturated rings. The number of benzene rings is 2. The summed E-state index contributed by atoms with van der Waals surface area (Å²) >= 11 is 3.31. The number of ether oxygens (including phenoxy) is 2. The smallest absolute Gasteiger partial charge is 0.338 e. The number of methoxy groups -OCH3 is 1. The number of nitrogens with one attached hydrogen (secondary N) is 1. The van der Waals surface area contributed by atoms with Gasteiger partial charge in [-0.05, 0) is 45.6 Å². The van der Waals surface area contributed by atoms with E-state index in [-0.39, 0.29) is 18.4 Å². The molecule has 1 amide bonds. The Labute approximate surface area is 155 Å². The number of carbonyl (C=O) groups is 2. The average Bonchev–Trinajstić information content (AvgIpc) is 2.64. The molecule has 0 unspecified atom stereocenters. The summed E-state index contributed by atoms with van der Waals surface area (Å²) < 4.78 is 10.8. The van der Waals surface area contributed by atoms with Crippen molar-refractivity contribution in [1.29, 1.82) is 0 Å². The van der Waals surface area contributed by atoms with Gasteiger partial charge >= 0.3 is 5.97 Å². The molecule has 1 N–H and O–H groups in total. The lowest BCUT2D eigenvalue weighted by Gasteiger charge is -2.13. The van der Waals surface area contributed by atoms with E-state index >= 15 is 0 Å². The molecule has 0 heterocycles. The molecule has 25 heavy (non-hydrogen) atoms. The van der Waals surface area contributed by atoms with Crippen LogP contribution in [-0.2, 0) is 9.53 Å². The summed E-state index contributed by atoms with van der Waals surface area (Å²) in [7, 11) is 1.54. The van der Waals surface area contributed by atoms with Gasteiger partial charge < -0.3 is 14.8 Å². The SMILES string of the molecule is COc1ccc(C(=O)OCC(=O)NC[C@H](C)c2ccccc2)cc1Br. The van der Waals surface area contributed by atoms with Crippen LogP contribution in [0, 0.1) is 0 Å². The van der Waals surface area contributed by atoms with E-state index < -0.39 is 5.97 Å². The quantitative estimate of drug-likeness (QED) is 0.715. The van der Waals surface area contributed by atoms with Crippen molar-refractivity contribution in [2.75, 3.05) is 20.3 Å². The van der Waals surface area contributed by atoms with Crippen LogP contribution in [0.3, 0.4) is 0 Å². The van der Waals surface area contributed by atoms with Crippen LogP contribution in [0.4, 0.5) is 0 Å². The molecule has 0 aliphatic carbocycles. The lowest BCUT2D eigenvalue weighted by molar-refractivity contribution is -0.124. The monoisotopic (exact) mass is 405 g/mol. The largest absolute Gasteiger partial charge is 0.496 e. The van der Waals surface area contributed by atoms with Crippen molar-refractivity contribution < 1.29 is 19.1 Å². The molecule has 2 rings (SSSR count). The van der Waals surface area contributed by atoms with Gasteiger partial charge in [0.2, 0.25) is 0 Å². The molecule has 2 aromatic rings. The Kier molecular flexibility index (Phi) is 7.01. The van der Waals surface area contributed by atoms with Crippen LogP contribution in [0.5, 0.6) is 5.75 Å². The highest BCUT2D eigenvalue weighted by Gasteiger charge is 2.13. The molecule has 0 spiro atoms. The van der Waals surface area contributed by atoms with Gasteiger partial charge in [-0.3, -0.25) is 4.79 Å². The third-order valence-corrected chi connectivity index (χ3v) is 4.32. The fraction of sp³-hybridized carbons (Fsp3) is 0.263. The van der Waals surface area contributed by atoms with E-state index in [2.05, 4.69) is 21.2 Å². The first-order valence-corrected chi connectivity index (χ1v) is 8.63. The van der Waals surface area contributed by atoms with Crippen LogP contribution in [0.15, 0.2) is 53.0 Å². The molecule has 0 bridgehead atoms. The number of amides is 1. The summed E-state index contributed by atoms with van der Waals surface area (Å²) in [5.74, 6) is -0.0964. The maximum Gasteiger partial charge on any atom is 0.338 e. The van der Waals surface area contributed by atoms with E-state index in [1.807, 2.05) is 37.3 Å². The molecular formula is C19H20BrNO4. The van der Waals surface area contributed by atoms with Crippen molar-refractivity contribution in [2.45, 2.75) is 12.8 Å². The number of hydrogen-bond donors (Lipinski definition) is 1. The second-order valence-electron chi connectivity index (χ2n) is 5.54. The lowest BCUT2D eigenvalue weighted by Crippen LogP contribution is -2.31. The zero-order valence-corrected chi connectivity index (χ0v) is 15.7. The Morgan fingerprint density at radius 3 is 2.52 bits per heavy atom. The van der Waals surface area contributed by atoms with Crippen molar-refractivity contribution in [1.82, 2.24) is 5.32 Å². The Bertz CT molecular complexity index is 733. The van der Waals surface area contributed by atoms with Crippen LogP contribution in [0.1, 0.15) is 28.8 Å².